The third-order valence-corrected chi connectivity index (χ3v) is 3.90. The van der Waals surface area contributed by atoms with E-state index >= 15 is 0 Å². The molecule has 2 N–H and O–H groups in total. The molecule has 0 saturated heterocycles. The molecule has 0 fully saturated rings. The summed E-state index contributed by atoms with van der Waals surface area (Å²) in [6, 6.07) is 13.0. The number of nitrogens with one attached hydrogen (secondary N) is 2. The van der Waals surface area contributed by atoms with E-state index < -0.39 is 23.5 Å². The summed E-state index contributed by atoms with van der Waals surface area (Å²) < 4.78 is 10.4. The predicted octanol–water partition coefficient (Wildman–Crippen LogP) is 3.41. The van der Waals surface area contributed by atoms with Gasteiger partial charge >= 0.3 is 5.97 Å². The largest absolute Gasteiger partial charge is 0.497 e. The zero-order valence-corrected chi connectivity index (χ0v) is 17.2. The third kappa shape index (κ3) is 6.34. The lowest BCUT2D eigenvalue weighted by Crippen LogP contribution is -2.46. The van der Waals surface area contributed by atoms with E-state index in [2.05, 4.69) is 10.6 Å². The van der Waals surface area contributed by atoms with Crippen LogP contribution in [0.25, 0.3) is 0 Å². The highest BCUT2D eigenvalue weighted by atomic mass is 16.5. The molecule has 2 aromatic rings. The fourth-order valence-electron chi connectivity index (χ4n) is 2.46. The predicted molar refractivity (Wildman–Crippen MR) is 110 cm³/mol. The lowest BCUT2D eigenvalue weighted by Gasteiger charge is -2.23. The summed E-state index contributed by atoms with van der Waals surface area (Å²) in [5.74, 6) is -0.850. The number of methoxy groups -OCH3 is 1. The fraction of sp³-hybridized carbons (Fsp3) is 0.318. The van der Waals surface area contributed by atoms with Crippen LogP contribution in [0.3, 0.4) is 0 Å². The van der Waals surface area contributed by atoms with Crippen LogP contribution in [0.5, 0.6) is 5.75 Å². The smallest absolute Gasteiger partial charge is 0.341 e. The van der Waals surface area contributed by atoms with Crippen molar-refractivity contribution in [3.05, 3.63) is 59.7 Å². The topological polar surface area (TPSA) is 93.7 Å². The number of carbonyl (C=O) groups is 3. The van der Waals surface area contributed by atoms with Crippen LogP contribution in [-0.2, 0) is 9.53 Å². The van der Waals surface area contributed by atoms with Crippen LogP contribution in [0.1, 0.15) is 48.4 Å². The number of benzene rings is 2. The molecule has 154 valence electrons. The molecular formula is C22H26N2O5. The van der Waals surface area contributed by atoms with Crippen LogP contribution in [0, 0.1) is 0 Å². The van der Waals surface area contributed by atoms with E-state index in [1.807, 2.05) is 20.8 Å². The SMILES string of the molecule is COc1ccc(C(=O)Nc2ccccc2C(=O)O[C@@H](C)C(=O)NC(C)(C)C)cc1. The van der Waals surface area contributed by atoms with Gasteiger partial charge in [-0.1, -0.05) is 12.1 Å². The van der Waals surface area contributed by atoms with E-state index in [0.29, 0.717) is 17.0 Å². The van der Waals surface area contributed by atoms with Gasteiger partial charge in [-0.15, -0.1) is 0 Å². The second-order valence-electron chi connectivity index (χ2n) is 7.51. The van der Waals surface area contributed by atoms with Crippen LogP contribution in [-0.4, -0.2) is 36.5 Å². The van der Waals surface area contributed by atoms with Crippen molar-refractivity contribution in [2.75, 3.05) is 12.4 Å². The third-order valence-electron chi connectivity index (χ3n) is 3.90. The summed E-state index contributed by atoms with van der Waals surface area (Å²) in [6.45, 7) is 7.01. The zero-order valence-electron chi connectivity index (χ0n) is 17.2. The standard InChI is InChI=1S/C22H26N2O5/c1-14(19(25)24-22(2,3)4)29-21(27)17-8-6-7-9-18(17)23-20(26)15-10-12-16(28-5)13-11-15/h6-14H,1-5H3,(H,23,26)(H,24,25)/t14-/m0/s1. The minimum absolute atomic E-state index is 0.157. The normalized spacial score (nSPS) is 11.9. The van der Waals surface area contributed by atoms with Crippen molar-refractivity contribution >= 4 is 23.5 Å². The Bertz CT molecular complexity index is 885. The van der Waals surface area contributed by atoms with Crippen molar-refractivity contribution in [2.45, 2.75) is 39.3 Å². The summed E-state index contributed by atoms with van der Waals surface area (Å²) in [4.78, 5) is 37.2. The van der Waals surface area contributed by atoms with Crippen molar-refractivity contribution in [2.24, 2.45) is 0 Å². The number of esters is 1. The lowest BCUT2D eigenvalue weighted by atomic mass is 10.1. The Morgan fingerprint density at radius 2 is 1.59 bits per heavy atom. The van der Waals surface area contributed by atoms with Gasteiger partial charge in [-0.2, -0.15) is 0 Å². The van der Waals surface area contributed by atoms with E-state index in [1.54, 1.807) is 49.6 Å². The van der Waals surface area contributed by atoms with Crippen molar-refractivity contribution in [1.29, 1.82) is 0 Å². The number of para-hydroxylation sites is 1. The molecule has 0 radical (unpaired) electrons. The highest BCUT2D eigenvalue weighted by Crippen LogP contribution is 2.19. The van der Waals surface area contributed by atoms with Crippen molar-refractivity contribution in [3.8, 4) is 5.75 Å². The fourth-order valence-corrected chi connectivity index (χ4v) is 2.46. The Kier molecular flexibility index (Phi) is 6.98. The lowest BCUT2D eigenvalue weighted by molar-refractivity contribution is -0.130. The van der Waals surface area contributed by atoms with Crippen molar-refractivity contribution in [3.63, 3.8) is 0 Å². The van der Waals surface area contributed by atoms with Gasteiger partial charge in [-0.05, 0) is 64.1 Å². The highest BCUT2D eigenvalue weighted by molar-refractivity contribution is 6.08. The van der Waals surface area contributed by atoms with Gasteiger partial charge in [0.15, 0.2) is 6.10 Å². The first-order chi connectivity index (χ1) is 13.6. The van der Waals surface area contributed by atoms with Gasteiger partial charge in [-0.3, -0.25) is 9.59 Å². The van der Waals surface area contributed by atoms with E-state index in [4.69, 9.17) is 9.47 Å². The summed E-state index contributed by atoms with van der Waals surface area (Å²) >= 11 is 0. The van der Waals surface area contributed by atoms with Crippen LogP contribution < -0.4 is 15.4 Å². The molecule has 2 amide bonds. The Labute approximate surface area is 170 Å². The molecule has 0 aliphatic rings. The molecule has 0 unspecified atom stereocenters. The second kappa shape index (κ2) is 9.23. The molecule has 0 bridgehead atoms. The monoisotopic (exact) mass is 398 g/mol. The van der Waals surface area contributed by atoms with Gasteiger partial charge in [0.2, 0.25) is 0 Å². The first-order valence-corrected chi connectivity index (χ1v) is 9.18. The Hall–Kier alpha value is -3.35. The van der Waals surface area contributed by atoms with Gasteiger partial charge in [0, 0.05) is 11.1 Å². The molecule has 29 heavy (non-hydrogen) atoms. The minimum Gasteiger partial charge on any atom is -0.497 e. The molecule has 0 aliphatic carbocycles. The van der Waals surface area contributed by atoms with Crippen LogP contribution >= 0.6 is 0 Å². The first-order valence-electron chi connectivity index (χ1n) is 9.18. The molecule has 7 nitrogen and oxygen atoms in total. The Morgan fingerprint density at radius 3 is 2.17 bits per heavy atom. The minimum atomic E-state index is -0.980. The average Bonchev–Trinajstić information content (AvgIpc) is 2.67. The molecule has 2 rings (SSSR count). The maximum absolute atomic E-state index is 12.6. The van der Waals surface area contributed by atoms with Crippen molar-refractivity contribution in [1.82, 2.24) is 5.32 Å². The quantitative estimate of drug-likeness (QED) is 0.728. The number of rotatable bonds is 6. The first kappa shape index (κ1) is 21.9. The zero-order chi connectivity index (χ0) is 21.6. The molecule has 2 aromatic carbocycles. The number of anilines is 1. The van der Waals surface area contributed by atoms with E-state index in [9.17, 15) is 14.4 Å². The molecule has 0 aliphatic heterocycles. The van der Waals surface area contributed by atoms with Crippen LogP contribution in [0.15, 0.2) is 48.5 Å². The Balaban J connectivity index is 2.11. The van der Waals surface area contributed by atoms with E-state index in [1.165, 1.54) is 13.0 Å². The van der Waals surface area contributed by atoms with Crippen molar-refractivity contribution < 1.29 is 23.9 Å². The molecular weight excluding hydrogens is 372 g/mol. The van der Waals surface area contributed by atoms with E-state index in [-0.39, 0.29) is 11.5 Å². The molecule has 0 spiro atoms. The maximum Gasteiger partial charge on any atom is 0.341 e. The maximum atomic E-state index is 12.6. The molecule has 7 heteroatoms. The second-order valence-corrected chi connectivity index (χ2v) is 7.51. The van der Waals surface area contributed by atoms with Gasteiger partial charge < -0.3 is 20.1 Å². The summed E-state index contributed by atoms with van der Waals surface area (Å²) in [7, 11) is 1.54. The number of amides is 2. The van der Waals surface area contributed by atoms with Gasteiger partial charge in [-0.25, -0.2) is 4.79 Å². The average molecular weight is 398 g/mol. The molecule has 0 aromatic heterocycles. The molecule has 1 atom stereocenters. The number of hydrogen-bond donors (Lipinski definition) is 2. The number of ether oxygens (including phenoxy) is 2. The van der Waals surface area contributed by atoms with Gasteiger partial charge in [0.25, 0.3) is 11.8 Å². The Morgan fingerprint density at radius 1 is 0.966 bits per heavy atom. The summed E-state index contributed by atoms with van der Waals surface area (Å²) in [5.41, 5.74) is 0.417. The number of carbonyl (C=O) groups excluding carboxylic acids is 3. The number of hydrogen-bond acceptors (Lipinski definition) is 5. The summed E-state index contributed by atoms with van der Waals surface area (Å²) in [6.07, 6.45) is -0.980. The highest BCUT2D eigenvalue weighted by Gasteiger charge is 2.24. The van der Waals surface area contributed by atoms with Crippen LogP contribution in [0.2, 0.25) is 0 Å². The molecule has 0 saturated carbocycles. The van der Waals surface area contributed by atoms with Gasteiger partial charge in [0.1, 0.15) is 5.75 Å². The van der Waals surface area contributed by atoms with Gasteiger partial charge in [0.05, 0.1) is 18.4 Å². The van der Waals surface area contributed by atoms with E-state index in [0.717, 1.165) is 0 Å². The molecule has 0 heterocycles. The summed E-state index contributed by atoms with van der Waals surface area (Å²) in [5, 5.41) is 5.46. The van der Waals surface area contributed by atoms with Crippen LogP contribution in [0.4, 0.5) is 5.69 Å².